The van der Waals surface area contributed by atoms with E-state index >= 15 is 0 Å². The lowest BCUT2D eigenvalue weighted by atomic mass is 10.0. The molecular formula is C23H21FN8O2. The smallest absolute Gasteiger partial charge is 0.255 e. The first-order valence-corrected chi connectivity index (χ1v) is 10.3. The van der Waals surface area contributed by atoms with Crippen LogP contribution in [0, 0.1) is 11.3 Å². The number of hydrogen-bond acceptors (Lipinski definition) is 8. The molecule has 0 fully saturated rings. The van der Waals surface area contributed by atoms with Crippen molar-refractivity contribution in [2.75, 3.05) is 11.9 Å². The van der Waals surface area contributed by atoms with Crippen molar-refractivity contribution in [3.8, 4) is 17.5 Å². The first-order valence-electron chi connectivity index (χ1n) is 10.3. The van der Waals surface area contributed by atoms with Crippen LogP contribution in [-0.4, -0.2) is 53.9 Å². The molecule has 0 saturated heterocycles. The molecular weight excluding hydrogens is 439 g/mol. The van der Waals surface area contributed by atoms with Crippen molar-refractivity contribution < 1.29 is 14.3 Å². The number of nitrogens with zero attached hydrogens (tertiary/aromatic N) is 6. The fourth-order valence-corrected chi connectivity index (χ4v) is 3.18. The normalized spacial score (nSPS) is 12.2. The van der Waals surface area contributed by atoms with Crippen molar-refractivity contribution in [2.45, 2.75) is 25.6 Å². The molecule has 4 aromatic rings. The van der Waals surface area contributed by atoms with E-state index in [1.807, 2.05) is 6.07 Å². The number of carbonyl (C=O) groups excluding carboxylic acids is 1. The van der Waals surface area contributed by atoms with E-state index in [4.69, 9.17) is 5.26 Å². The van der Waals surface area contributed by atoms with Gasteiger partial charge in [0, 0.05) is 6.20 Å². The molecule has 0 unspecified atom stereocenters. The van der Waals surface area contributed by atoms with Gasteiger partial charge in [0.2, 0.25) is 0 Å². The molecule has 11 heteroatoms. The van der Waals surface area contributed by atoms with Gasteiger partial charge >= 0.3 is 0 Å². The van der Waals surface area contributed by atoms with Crippen LogP contribution in [0.2, 0.25) is 0 Å². The minimum absolute atomic E-state index is 0.163. The predicted molar refractivity (Wildman–Crippen MR) is 122 cm³/mol. The molecule has 0 aromatic carbocycles. The molecule has 4 aromatic heterocycles. The maximum Gasteiger partial charge on any atom is 0.255 e. The standard InChI is InChI=1S/C23H21FN8O2/c1-23(2,34)21(24)12-29-22(33)17-11-28-19(6-18(17)31-15-9-26-13-27-10-15)20-4-3-16-5-14(7-25)8-30-32(16)20/h3-6,8-11,13,21,34H,12H2,1-2H3,(H,28,31)(H,29,33)/t21-/m1/s1. The number of aromatic nitrogens is 5. The van der Waals surface area contributed by atoms with Gasteiger partial charge in [-0.2, -0.15) is 10.4 Å². The highest BCUT2D eigenvalue weighted by Crippen LogP contribution is 2.27. The summed E-state index contributed by atoms with van der Waals surface area (Å²) in [5.74, 6) is -0.567. The summed E-state index contributed by atoms with van der Waals surface area (Å²) in [4.78, 5) is 25.2. The molecule has 172 valence electrons. The summed E-state index contributed by atoms with van der Waals surface area (Å²) in [7, 11) is 0. The Hall–Kier alpha value is -4.43. The third-order valence-corrected chi connectivity index (χ3v) is 5.09. The Morgan fingerprint density at radius 1 is 1.24 bits per heavy atom. The number of pyridine rings is 1. The van der Waals surface area contributed by atoms with Crippen LogP contribution in [0.3, 0.4) is 0 Å². The van der Waals surface area contributed by atoms with Gasteiger partial charge in [-0.3, -0.25) is 9.78 Å². The van der Waals surface area contributed by atoms with E-state index in [0.29, 0.717) is 33.8 Å². The van der Waals surface area contributed by atoms with E-state index in [2.05, 4.69) is 36.8 Å². The summed E-state index contributed by atoms with van der Waals surface area (Å²) < 4.78 is 15.8. The van der Waals surface area contributed by atoms with E-state index < -0.39 is 17.7 Å². The van der Waals surface area contributed by atoms with E-state index in [0.717, 1.165) is 0 Å². The van der Waals surface area contributed by atoms with Crippen LogP contribution in [0.4, 0.5) is 15.8 Å². The fraction of sp³-hybridized carbons (Fsp3) is 0.217. The Bertz CT molecular complexity index is 1380. The van der Waals surface area contributed by atoms with Crippen LogP contribution < -0.4 is 10.6 Å². The van der Waals surface area contributed by atoms with Crippen molar-refractivity contribution in [1.82, 2.24) is 29.9 Å². The molecule has 0 saturated carbocycles. The minimum Gasteiger partial charge on any atom is -0.387 e. The van der Waals surface area contributed by atoms with Crippen LogP contribution in [0.1, 0.15) is 29.8 Å². The average molecular weight is 460 g/mol. The third-order valence-electron chi connectivity index (χ3n) is 5.09. The first-order chi connectivity index (χ1) is 16.3. The summed E-state index contributed by atoms with van der Waals surface area (Å²) in [6.45, 7) is 2.29. The highest BCUT2D eigenvalue weighted by atomic mass is 19.1. The van der Waals surface area contributed by atoms with Gasteiger partial charge < -0.3 is 15.7 Å². The fourth-order valence-electron chi connectivity index (χ4n) is 3.18. The van der Waals surface area contributed by atoms with Gasteiger partial charge in [0.05, 0.1) is 70.1 Å². The second kappa shape index (κ2) is 9.21. The van der Waals surface area contributed by atoms with Crippen LogP contribution in [0.5, 0.6) is 0 Å². The van der Waals surface area contributed by atoms with Gasteiger partial charge in [0.15, 0.2) is 0 Å². The second-order valence-electron chi connectivity index (χ2n) is 8.11. The van der Waals surface area contributed by atoms with Gasteiger partial charge in [-0.1, -0.05) is 0 Å². The number of hydrogen-bond donors (Lipinski definition) is 3. The lowest BCUT2D eigenvalue weighted by molar-refractivity contribution is -0.00177. The highest BCUT2D eigenvalue weighted by molar-refractivity contribution is 6.00. The molecule has 0 spiro atoms. The number of nitrogens with one attached hydrogen (secondary N) is 2. The molecule has 0 aliphatic carbocycles. The quantitative estimate of drug-likeness (QED) is 0.382. The molecule has 1 atom stereocenters. The molecule has 0 bridgehead atoms. The molecule has 0 aliphatic heterocycles. The zero-order valence-corrected chi connectivity index (χ0v) is 18.4. The summed E-state index contributed by atoms with van der Waals surface area (Å²) in [5.41, 5.74) is 1.79. The number of amides is 1. The number of rotatable bonds is 7. The zero-order valence-electron chi connectivity index (χ0n) is 18.4. The largest absolute Gasteiger partial charge is 0.387 e. The lowest BCUT2D eigenvalue weighted by Crippen LogP contribution is -2.42. The van der Waals surface area contributed by atoms with Crippen LogP contribution in [0.15, 0.2) is 55.4 Å². The molecule has 3 N–H and O–H groups in total. The average Bonchev–Trinajstić information content (AvgIpc) is 3.25. The SMILES string of the molecule is CC(C)(O)[C@H](F)CNC(=O)c1cnc(-c2ccc3cc(C#N)cnn23)cc1Nc1cncnc1. The second-order valence-corrected chi connectivity index (χ2v) is 8.11. The van der Waals surface area contributed by atoms with E-state index in [9.17, 15) is 14.3 Å². The van der Waals surface area contributed by atoms with Crippen molar-refractivity contribution in [3.63, 3.8) is 0 Å². The number of anilines is 2. The predicted octanol–water partition coefficient (Wildman–Crippen LogP) is 2.64. The summed E-state index contributed by atoms with van der Waals surface area (Å²) in [6, 6.07) is 9.03. The van der Waals surface area contributed by atoms with Gasteiger partial charge in [-0.15, -0.1) is 0 Å². The van der Waals surface area contributed by atoms with Crippen LogP contribution in [0.25, 0.3) is 16.9 Å². The number of carbonyl (C=O) groups is 1. The molecule has 10 nitrogen and oxygen atoms in total. The number of aliphatic hydroxyl groups is 1. The monoisotopic (exact) mass is 460 g/mol. The third kappa shape index (κ3) is 4.82. The van der Waals surface area contributed by atoms with Crippen molar-refractivity contribution in [3.05, 3.63) is 66.5 Å². The van der Waals surface area contributed by atoms with Crippen LogP contribution in [-0.2, 0) is 0 Å². The summed E-state index contributed by atoms with van der Waals surface area (Å²) >= 11 is 0. The summed E-state index contributed by atoms with van der Waals surface area (Å²) in [6.07, 6.45) is 5.63. The lowest BCUT2D eigenvalue weighted by Gasteiger charge is -2.22. The number of fused-ring (bicyclic) bond motifs is 1. The van der Waals surface area contributed by atoms with Gasteiger partial charge in [-0.25, -0.2) is 18.9 Å². The summed E-state index contributed by atoms with van der Waals surface area (Å²) in [5, 5.41) is 28.8. The van der Waals surface area contributed by atoms with Crippen molar-refractivity contribution >= 4 is 22.8 Å². The van der Waals surface area contributed by atoms with Gasteiger partial charge in [0.1, 0.15) is 18.6 Å². The van der Waals surface area contributed by atoms with E-state index in [1.54, 1.807) is 22.7 Å². The molecule has 34 heavy (non-hydrogen) atoms. The Labute approximate surface area is 194 Å². The maximum atomic E-state index is 14.1. The molecule has 4 rings (SSSR count). The topological polar surface area (TPSA) is 141 Å². The Morgan fingerprint density at radius 2 is 2.00 bits per heavy atom. The van der Waals surface area contributed by atoms with Gasteiger partial charge in [0.25, 0.3) is 5.91 Å². The number of halogens is 1. The Balaban J connectivity index is 1.70. The molecule has 4 heterocycles. The maximum absolute atomic E-state index is 14.1. The molecule has 1 amide bonds. The number of nitriles is 1. The van der Waals surface area contributed by atoms with E-state index in [-0.39, 0.29) is 12.1 Å². The molecule has 0 radical (unpaired) electrons. The Kier molecular flexibility index (Phi) is 6.16. The highest BCUT2D eigenvalue weighted by Gasteiger charge is 2.27. The Morgan fingerprint density at radius 3 is 2.71 bits per heavy atom. The first kappa shape index (κ1) is 22.8. The van der Waals surface area contributed by atoms with Crippen molar-refractivity contribution in [2.24, 2.45) is 0 Å². The van der Waals surface area contributed by atoms with Gasteiger partial charge in [-0.05, 0) is 38.1 Å². The zero-order chi connectivity index (χ0) is 24.3. The van der Waals surface area contributed by atoms with E-state index in [1.165, 1.54) is 45.0 Å². The molecule has 0 aliphatic rings. The van der Waals surface area contributed by atoms with Crippen LogP contribution >= 0.6 is 0 Å². The number of alkyl halides is 1. The van der Waals surface area contributed by atoms with Crippen molar-refractivity contribution in [1.29, 1.82) is 5.26 Å². The minimum atomic E-state index is -1.65.